The molecule has 0 aliphatic carbocycles. The molecule has 1 aromatic heterocycles. The second-order valence-corrected chi connectivity index (χ2v) is 12.2. The fourth-order valence-corrected chi connectivity index (χ4v) is 4.57. The van der Waals surface area contributed by atoms with Crippen LogP contribution in [0.1, 0.15) is 79.0 Å². The van der Waals surface area contributed by atoms with Gasteiger partial charge in [0.1, 0.15) is 11.2 Å². The molecule has 3 aromatic rings. The first kappa shape index (κ1) is 30.0. The van der Waals surface area contributed by atoms with Gasteiger partial charge in [-0.05, 0) is 78.6 Å². The van der Waals surface area contributed by atoms with Gasteiger partial charge in [0.15, 0.2) is 5.82 Å². The molecule has 1 saturated heterocycles. The van der Waals surface area contributed by atoms with Crippen molar-refractivity contribution in [3.05, 3.63) is 66.5 Å². The highest BCUT2D eigenvalue weighted by Gasteiger charge is 2.40. The second-order valence-electron chi connectivity index (χ2n) is 12.2. The summed E-state index contributed by atoms with van der Waals surface area (Å²) in [6.45, 7) is 12.1. The fraction of sp³-hybridized carbons (Fsp3) is 0.469. The van der Waals surface area contributed by atoms with E-state index in [2.05, 4.69) is 4.90 Å². The maximum atomic E-state index is 13.6. The quantitative estimate of drug-likeness (QED) is 0.238. The number of hydrogen-bond donors (Lipinski definition) is 0. The Morgan fingerprint density at radius 1 is 0.707 bits per heavy atom. The summed E-state index contributed by atoms with van der Waals surface area (Å²) in [7, 11) is 0. The van der Waals surface area contributed by atoms with Gasteiger partial charge in [0, 0.05) is 24.5 Å². The zero-order valence-corrected chi connectivity index (χ0v) is 25.0. The molecule has 0 unspecified atom stereocenters. The summed E-state index contributed by atoms with van der Waals surface area (Å²) in [6.07, 6.45) is 4.25. The highest BCUT2D eigenvalue weighted by atomic mass is 16.6. The Morgan fingerprint density at radius 2 is 1.17 bits per heavy atom. The predicted molar refractivity (Wildman–Crippen MR) is 160 cm³/mol. The van der Waals surface area contributed by atoms with E-state index in [1.165, 1.54) is 0 Å². The first-order valence-corrected chi connectivity index (χ1v) is 14.3. The number of para-hydroxylation sites is 2. The van der Waals surface area contributed by atoms with Gasteiger partial charge in [0.25, 0.3) is 0 Å². The van der Waals surface area contributed by atoms with E-state index in [0.717, 1.165) is 50.1 Å². The van der Waals surface area contributed by atoms with Gasteiger partial charge in [-0.2, -0.15) is 15.0 Å². The van der Waals surface area contributed by atoms with E-state index >= 15 is 0 Å². The van der Waals surface area contributed by atoms with Gasteiger partial charge in [-0.3, -0.25) is 14.5 Å². The van der Waals surface area contributed by atoms with Crippen LogP contribution in [-0.4, -0.2) is 51.2 Å². The van der Waals surface area contributed by atoms with Crippen molar-refractivity contribution in [1.29, 1.82) is 0 Å². The lowest BCUT2D eigenvalue weighted by Gasteiger charge is -2.28. The first-order chi connectivity index (χ1) is 19.4. The van der Waals surface area contributed by atoms with Crippen molar-refractivity contribution < 1.29 is 19.1 Å². The van der Waals surface area contributed by atoms with E-state index in [4.69, 9.17) is 24.4 Å². The third-order valence-corrected chi connectivity index (χ3v) is 6.29. The zero-order chi connectivity index (χ0) is 29.6. The molecule has 41 heavy (non-hydrogen) atoms. The molecule has 218 valence electrons. The number of carbonyl (C=O) groups is 2. The van der Waals surface area contributed by atoms with Crippen LogP contribution in [0, 0.1) is 0 Å². The maximum absolute atomic E-state index is 13.6. The second kappa shape index (κ2) is 12.7. The molecule has 0 atom stereocenters. The van der Waals surface area contributed by atoms with E-state index in [-0.39, 0.29) is 5.82 Å². The van der Waals surface area contributed by atoms with Crippen LogP contribution in [0.4, 0.5) is 23.3 Å². The largest absolute Gasteiger partial charge is 0.459 e. The van der Waals surface area contributed by atoms with E-state index in [0.29, 0.717) is 11.9 Å². The van der Waals surface area contributed by atoms with Crippen molar-refractivity contribution in [3.63, 3.8) is 0 Å². The molecule has 9 nitrogen and oxygen atoms in total. The number of rotatable bonds is 7. The SMILES string of the molecule is CC(C)(C)OC(=O)C(C(=O)OC(C)(C)C)c1nc(N2CCCCCC2)nc(N(c2ccccc2)c2ccccc2)n1. The van der Waals surface area contributed by atoms with E-state index in [9.17, 15) is 9.59 Å². The van der Waals surface area contributed by atoms with Crippen LogP contribution >= 0.6 is 0 Å². The number of nitrogens with zero attached hydrogens (tertiary/aromatic N) is 5. The molecule has 2 heterocycles. The van der Waals surface area contributed by atoms with Crippen LogP contribution in [-0.2, 0) is 19.1 Å². The van der Waals surface area contributed by atoms with Crippen molar-refractivity contribution >= 4 is 35.2 Å². The first-order valence-electron chi connectivity index (χ1n) is 14.3. The van der Waals surface area contributed by atoms with Crippen LogP contribution in [0.15, 0.2) is 60.7 Å². The minimum absolute atomic E-state index is 0.00499. The van der Waals surface area contributed by atoms with Crippen molar-refractivity contribution in [2.75, 3.05) is 22.9 Å². The fourth-order valence-electron chi connectivity index (χ4n) is 4.57. The van der Waals surface area contributed by atoms with Crippen LogP contribution in [0.3, 0.4) is 0 Å². The monoisotopic (exact) mass is 559 g/mol. The smallest absolute Gasteiger partial charge is 0.328 e. The molecular weight excluding hydrogens is 518 g/mol. The number of esters is 2. The average molecular weight is 560 g/mol. The maximum Gasteiger partial charge on any atom is 0.328 e. The van der Waals surface area contributed by atoms with E-state index in [1.807, 2.05) is 65.6 Å². The minimum Gasteiger partial charge on any atom is -0.459 e. The van der Waals surface area contributed by atoms with Crippen LogP contribution < -0.4 is 9.80 Å². The summed E-state index contributed by atoms with van der Waals surface area (Å²) >= 11 is 0. The Balaban J connectivity index is 1.93. The standard InChI is InChI=1S/C32H41N5O4/c1-31(2,3)40-27(38)25(28(39)41-32(4,5)6)26-33-29(36-21-15-7-8-16-22-36)35-30(34-26)37(23-17-11-9-12-18-23)24-19-13-10-14-20-24/h9-14,17-20,25H,7-8,15-16,21-22H2,1-6H3. The summed E-state index contributed by atoms with van der Waals surface area (Å²) < 4.78 is 11.4. The molecule has 0 amide bonds. The Morgan fingerprint density at radius 3 is 1.61 bits per heavy atom. The van der Waals surface area contributed by atoms with E-state index < -0.39 is 29.1 Å². The molecule has 0 saturated carbocycles. The Kier molecular flexibility index (Phi) is 9.25. The van der Waals surface area contributed by atoms with Crippen molar-refractivity contribution in [2.45, 2.75) is 84.3 Å². The van der Waals surface area contributed by atoms with Gasteiger partial charge in [0.05, 0.1) is 0 Å². The minimum atomic E-state index is -1.49. The molecule has 2 aromatic carbocycles. The lowest BCUT2D eigenvalue weighted by Crippen LogP contribution is -2.37. The Hall–Kier alpha value is -4.01. The molecule has 1 aliphatic heterocycles. The van der Waals surface area contributed by atoms with Gasteiger partial charge >= 0.3 is 11.9 Å². The third kappa shape index (κ3) is 8.25. The van der Waals surface area contributed by atoms with Gasteiger partial charge in [-0.1, -0.05) is 49.2 Å². The van der Waals surface area contributed by atoms with Gasteiger partial charge in [-0.25, -0.2) is 0 Å². The van der Waals surface area contributed by atoms with Crippen molar-refractivity contribution in [3.8, 4) is 0 Å². The molecule has 0 radical (unpaired) electrons. The number of anilines is 4. The van der Waals surface area contributed by atoms with E-state index in [1.54, 1.807) is 41.5 Å². The highest BCUT2D eigenvalue weighted by Crippen LogP contribution is 2.34. The molecule has 0 N–H and O–H groups in total. The number of ether oxygens (including phenoxy) is 2. The van der Waals surface area contributed by atoms with Crippen LogP contribution in [0.25, 0.3) is 0 Å². The van der Waals surface area contributed by atoms with Crippen molar-refractivity contribution in [2.24, 2.45) is 0 Å². The van der Waals surface area contributed by atoms with Gasteiger partial charge < -0.3 is 14.4 Å². The van der Waals surface area contributed by atoms with Gasteiger partial charge in [-0.15, -0.1) is 0 Å². The molecule has 1 aliphatic rings. The molecular formula is C32H41N5O4. The highest BCUT2D eigenvalue weighted by molar-refractivity contribution is 6.00. The zero-order valence-electron chi connectivity index (χ0n) is 25.0. The lowest BCUT2D eigenvalue weighted by molar-refractivity contribution is -0.169. The molecule has 1 fully saturated rings. The molecule has 9 heteroatoms. The number of aromatic nitrogens is 3. The van der Waals surface area contributed by atoms with Crippen LogP contribution in [0.2, 0.25) is 0 Å². The summed E-state index contributed by atoms with van der Waals surface area (Å²) in [5.41, 5.74) is -0.0190. The normalized spacial score (nSPS) is 14.4. The van der Waals surface area contributed by atoms with Crippen molar-refractivity contribution in [1.82, 2.24) is 15.0 Å². The predicted octanol–water partition coefficient (Wildman–Crippen LogP) is 6.49. The number of carbonyl (C=O) groups excluding carboxylic acids is 2. The Bertz CT molecular complexity index is 1240. The lowest BCUT2D eigenvalue weighted by atomic mass is 10.1. The summed E-state index contributed by atoms with van der Waals surface area (Å²) in [5, 5.41) is 0. The summed E-state index contributed by atoms with van der Waals surface area (Å²) in [5.74, 6) is -2.32. The average Bonchev–Trinajstić information content (AvgIpc) is 3.18. The topological polar surface area (TPSA) is 97.8 Å². The number of benzene rings is 2. The third-order valence-electron chi connectivity index (χ3n) is 6.29. The summed E-state index contributed by atoms with van der Waals surface area (Å²) in [6, 6.07) is 19.5. The molecule has 4 rings (SSSR count). The molecule has 0 bridgehead atoms. The molecule has 0 spiro atoms. The number of hydrogen-bond acceptors (Lipinski definition) is 9. The van der Waals surface area contributed by atoms with Crippen LogP contribution in [0.5, 0.6) is 0 Å². The van der Waals surface area contributed by atoms with Gasteiger partial charge in [0.2, 0.25) is 17.8 Å². The summed E-state index contributed by atoms with van der Waals surface area (Å²) in [4.78, 5) is 45.7. The Labute approximate surface area is 242 Å².